The van der Waals surface area contributed by atoms with E-state index in [1.54, 1.807) is 18.4 Å². The molecule has 1 aliphatic rings. The second-order valence-electron chi connectivity index (χ2n) is 4.30. The molecule has 0 aliphatic carbocycles. The van der Waals surface area contributed by atoms with Gasteiger partial charge in [0.1, 0.15) is 21.6 Å². The van der Waals surface area contributed by atoms with Gasteiger partial charge in [-0.15, -0.1) is 0 Å². The van der Waals surface area contributed by atoms with Crippen LogP contribution in [-0.4, -0.2) is 15.1 Å². The fourth-order valence-electron chi connectivity index (χ4n) is 1.85. The van der Waals surface area contributed by atoms with Crippen molar-refractivity contribution in [1.29, 1.82) is 0 Å². The van der Waals surface area contributed by atoms with Gasteiger partial charge in [0.15, 0.2) is 0 Å². The topological polar surface area (TPSA) is 46.6 Å². The van der Waals surface area contributed by atoms with Crippen LogP contribution in [0.5, 0.6) is 0 Å². The van der Waals surface area contributed by atoms with E-state index < -0.39 is 0 Å². The van der Waals surface area contributed by atoms with E-state index in [2.05, 4.69) is 0 Å². The molecule has 0 bridgehead atoms. The number of nitrogens with zero attached hydrogens (tertiary/aromatic N) is 1. The van der Waals surface area contributed by atoms with E-state index in [0.29, 0.717) is 27.3 Å². The maximum absolute atomic E-state index is 12.3. The van der Waals surface area contributed by atoms with Gasteiger partial charge < -0.3 is 8.83 Å². The molecule has 1 saturated heterocycles. The van der Waals surface area contributed by atoms with Gasteiger partial charge in [-0.25, -0.2) is 0 Å². The summed E-state index contributed by atoms with van der Waals surface area (Å²) < 4.78 is 11.2. The molecule has 0 atom stereocenters. The van der Waals surface area contributed by atoms with Gasteiger partial charge in [0.25, 0.3) is 5.91 Å². The van der Waals surface area contributed by atoms with Crippen LogP contribution in [0.2, 0.25) is 0 Å². The van der Waals surface area contributed by atoms with E-state index >= 15 is 0 Å². The molecule has 3 rings (SSSR count). The molecular formula is C14H11NO3S2. The summed E-state index contributed by atoms with van der Waals surface area (Å²) in [5.41, 5.74) is 0. The highest BCUT2D eigenvalue weighted by Crippen LogP contribution is 2.33. The Morgan fingerprint density at radius 3 is 2.90 bits per heavy atom. The average molecular weight is 305 g/mol. The highest BCUT2D eigenvalue weighted by Gasteiger charge is 2.32. The van der Waals surface area contributed by atoms with Crippen LogP contribution >= 0.6 is 24.0 Å². The van der Waals surface area contributed by atoms with Crippen molar-refractivity contribution < 1.29 is 13.6 Å². The Hall–Kier alpha value is -1.79. The lowest BCUT2D eigenvalue weighted by Gasteiger charge is -2.11. The maximum atomic E-state index is 12.3. The summed E-state index contributed by atoms with van der Waals surface area (Å²) in [4.78, 5) is 14.4. The molecule has 4 nitrogen and oxygen atoms in total. The normalized spacial score (nSPS) is 17.4. The third-order valence-corrected chi connectivity index (χ3v) is 4.18. The molecule has 3 heterocycles. The fraction of sp³-hybridized carbons (Fsp3) is 0.143. The highest BCUT2D eigenvalue weighted by molar-refractivity contribution is 8.26. The first-order valence-corrected chi connectivity index (χ1v) is 7.20. The van der Waals surface area contributed by atoms with Gasteiger partial charge in [-0.3, -0.25) is 9.69 Å². The van der Waals surface area contributed by atoms with Crippen molar-refractivity contribution in [1.82, 2.24) is 4.90 Å². The van der Waals surface area contributed by atoms with E-state index in [1.807, 2.05) is 25.1 Å². The van der Waals surface area contributed by atoms with Gasteiger partial charge in [-0.1, -0.05) is 24.0 Å². The standard InChI is InChI=1S/C14H11NO3S2/c1-9-4-5-10(18-9)7-12-13(16)15(14(19)20-12)8-11-3-2-6-17-11/h2-7H,8H2,1H3/b12-7-. The number of thioether (sulfide) groups is 1. The zero-order valence-electron chi connectivity index (χ0n) is 10.7. The van der Waals surface area contributed by atoms with Gasteiger partial charge in [0.2, 0.25) is 0 Å². The van der Waals surface area contributed by atoms with E-state index in [-0.39, 0.29) is 5.91 Å². The van der Waals surface area contributed by atoms with E-state index in [9.17, 15) is 4.79 Å². The summed E-state index contributed by atoms with van der Waals surface area (Å²) in [6.07, 6.45) is 3.29. The van der Waals surface area contributed by atoms with E-state index in [4.69, 9.17) is 21.1 Å². The molecule has 0 saturated carbocycles. The van der Waals surface area contributed by atoms with Crippen molar-refractivity contribution in [3.63, 3.8) is 0 Å². The number of carbonyl (C=O) groups excluding carboxylic acids is 1. The minimum atomic E-state index is -0.120. The van der Waals surface area contributed by atoms with Crippen LogP contribution in [0.25, 0.3) is 6.08 Å². The number of thiocarbonyl (C=S) groups is 1. The number of hydrogen-bond donors (Lipinski definition) is 0. The second kappa shape index (κ2) is 5.30. The van der Waals surface area contributed by atoms with E-state index in [1.165, 1.54) is 16.7 Å². The Kier molecular flexibility index (Phi) is 3.50. The van der Waals surface area contributed by atoms with Crippen molar-refractivity contribution in [3.05, 3.63) is 52.7 Å². The van der Waals surface area contributed by atoms with Crippen LogP contribution in [0.15, 0.2) is 44.3 Å². The molecule has 0 spiro atoms. The predicted octanol–water partition coefficient (Wildman–Crippen LogP) is 3.58. The number of amides is 1. The first kappa shape index (κ1) is 13.2. The van der Waals surface area contributed by atoms with Crippen LogP contribution < -0.4 is 0 Å². The summed E-state index contributed by atoms with van der Waals surface area (Å²) in [5.74, 6) is 2.05. The lowest BCUT2D eigenvalue weighted by Crippen LogP contribution is -2.27. The zero-order valence-corrected chi connectivity index (χ0v) is 12.3. The summed E-state index contributed by atoms with van der Waals surface area (Å²) >= 11 is 6.52. The number of rotatable bonds is 3. The van der Waals surface area contributed by atoms with Crippen molar-refractivity contribution in [2.24, 2.45) is 0 Å². The lowest BCUT2D eigenvalue weighted by molar-refractivity contribution is -0.122. The largest absolute Gasteiger partial charge is 0.467 e. The van der Waals surface area contributed by atoms with Crippen LogP contribution in [0.3, 0.4) is 0 Å². The molecule has 1 aliphatic heterocycles. The van der Waals surface area contributed by atoms with Gasteiger partial charge in [-0.05, 0) is 31.2 Å². The van der Waals surface area contributed by atoms with Gasteiger partial charge >= 0.3 is 0 Å². The van der Waals surface area contributed by atoms with E-state index in [0.717, 1.165) is 5.76 Å². The van der Waals surface area contributed by atoms with Crippen molar-refractivity contribution in [3.8, 4) is 0 Å². The van der Waals surface area contributed by atoms with Crippen molar-refractivity contribution >= 4 is 40.3 Å². The predicted molar refractivity (Wildman–Crippen MR) is 80.9 cm³/mol. The minimum Gasteiger partial charge on any atom is -0.467 e. The molecular weight excluding hydrogens is 294 g/mol. The zero-order chi connectivity index (χ0) is 14.1. The molecule has 6 heteroatoms. The van der Waals surface area contributed by atoms with Crippen LogP contribution in [0.1, 0.15) is 17.3 Å². The first-order chi connectivity index (χ1) is 9.63. The molecule has 102 valence electrons. The Balaban J connectivity index is 1.81. The fourth-order valence-corrected chi connectivity index (χ4v) is 3.09. The SMILES string of the molecule is Cc1ccc(/C=C2\SC(=S)N(Cc3ccco3)C2=O)o1. The summed E-state index contributed by atoms with van der Waals surface area (Å²) in [5, 5.41) is 0. The Morgan fingerprint density at radius 2 is 2.25 bits per heavy atom. The Bertz CT molecular complexity index is 685. The quantitative estimate of drug-likeness (QED) is 0.640. The van der Waals surface area contributed by atoms with Crippen LogP contribution in [0.4, 0.5) is 0 Å². The van der Waals surface area contributed by atoms with Gasteiger partial charge in [0, 0.05) is 6.08 Å². The van der Waals surface area contributed by atoms with Crippen molar-refractivity contribution in [2.75, 3.05) is 0 Å². The molecule has 0 N–H and O–H groups in total. The number of hydrogen-bond acceptors (Lipinski definition) is 5. The highest BCUT2D eigenvalue weighted by atomic mass is 32.2. The number of carbonyl (C=O) groups is 1. The lowest BCUT2D eigenvalue weighted by atomic mass is 10.3. The Labute approximate surface area is 125 Å². The van der Waals surface area contributed by atoms with Crippen molar-refractivity contribution in [2.45, 2.75) is 13.5 Å². The van der Waals surface area contributed by atoms with Gasteiger partial charge in [-0.2, -0.15) is 0 Å². The number of aryl methyl sites for hydroxylation is 1. The molecule has 1 fully saturated rings. The first-order valence-electron chi connectivity index (χ1n) is 5.97. The number of furan rings is 2. The third kappa shape index (κ3) is 2.57. The monoisotopic (exact) mass is 305 g/mol. The molecule has 0 radical (unpaired) electrons. The van der Waals surface area contributed by atoms with Crippen LogP contribution in [-0.2, 0) is 11.3 Å². The summed E-state index contributed by atoms with van der Waals surface area (Å²) in [6.45, 7) is 2.21. The average Bonchev–Trinajstić information content (AvgIpc) is 3.10. The maximum Gasteiger partial charge on any atom is 0.266 e. The van der Waals surface area contributed by atoms with Crippen LogP contribution in [0, 0.1) is 6.92 Å². The molecule has 2 aromatic heterocycles. The third-order valence-electron chi connectivity index (χ3n) is 2.80. The molecule has 20 heavy (non-hydrogen) atoms. The van der Waals surface area contributed by atoms with Gasteiger partial charge in [0.05, 0.1) is 17.7 Å². The second-order valence-corrected chi connectivity index (χ2v) is 5.97. The molecule has 0 unspecified atom stereocenters. The molecule has 2 aromatic rings. The minimum absolute atomic E-state index is 0.120. The Morgan fingerprint density at radius 1 is 1.40 bits per heavy atom. The summed E-state index contributed by atoms with van der Waals surface area (Å²) in [6, 6.07) is 7.29. The molecule has 0 aromatic carbocycles. The smallest absolute Gasteiger partial charge is 0.266 e. The summed E-state index contributed by atoms with van der Waals surface area (Å²) in [7, 11) is 0. The molecule has 1 amide bonds.